The van der Waals surface area contributed by atoms with Crippen LogP contribution in [0.1, 0.15) is 33.6 Å². The topological polar surface area (TPSA) is 119 Å². The summed E-state index contributed by atoms with van der Waals surface area (Å²) in [5.41, 5.74) is -5.91. The highest BCUT2D eigenvalue weighted by Crippen LogP contribution is 2.75. The van der Waals surface area contributed by atoms with Crippen LogP contribution in [0, 0.1) is 16.2 Å². The second kappa shape index (κ2) is 3.70. The minimum absolute atomic E-state index is 0.0679. The largest absolute Gasteiger partial charge is 0.461 e. The van der Waals surface area contributed by atoms with Gasteiger partial charge in [-0.2, -0.15) is 0 Å². The minimum Gasteiger partial charge on any atom is -0.461 e. The molecule has 4 aliphatic rings. The SMILES string of the molecule is CC(C)(C)[C@]1(O)C[C@H]2OC(=O)C[C@]23C(=O)O[C@@H]2OC(=O)[C@H](O)[C@]231. The van der Waals surface area contributed by atoms with Gasteiger partial charge in [0.25, 0.3) is 6.29 Å². The number of hydrogen-bond donors (Lipinski definition) is 2. The molecule has 3 saturated heterocycles. The third-order valence-electron chi connectivity index (χ3n) is 6.22. The van der Waals surface area contributed by atoms with Crippen LogP contribution < -0.4 is 0 Å². The van der Waals surface area contributed by atoms with E-state index in [1.165, 1.54) is 0 Å². The summed E-state index contributed by atoms with van der Waals surface area (Å²) in [7, 11) is 0. The highest BCUT2D eigenvalue weighted by molar-refractivity contribution is 5.94. The van der Waals surface area contributed by atoms with Gasteiger partial charge in [0.05, 0.1) is 12.0 Å². The number of ether oxygens (including phenoxy) is 3. The number of aliphatic hydroxyl groups excluding tert-OH is 1. The van der Waals surface area contributed by atoms with Crippen molar-refractivity contribution in [2.24, 2.45) is 16.2 Å². The molecule has 0 aromatic rings. The molecule has 2 N–H and O–H groups in total. The van der Waals surface area contributed by atoms with Crippen molar-refractivity contribution in [2.45, 2.75) is 57.7 Å². The van der Waals surface area contributed by atoms with Crippen molar-refractivity contribution in [1.29, 1.82) is 0 Å². The zero-order valence-corrected chi connectivity index (χ0v) is 13.0. The molecule has 3 aliphatic heterocycles. The number of hydrogen-bond acceptors (Lipinski definition) is 8. The van der Waals surface area contributed by atoms with Crippen molar-refractivity contribution in [3.8, 4) is 0 Å². The molecule has 8 nitrogen and oxygen atoms in total. The highest BCUT2D eigenvalue weighted by atomic mass is 16.7. The standard InChI is InChI=1S/C15H18O8/c1-12(2,3)14(20)4-6-13(5-7(16)21-6)10(19)23-11-15(13,14)8(17)9(18)22-11/h6,8,11,17,20H,4-5H2,1-3H3/t6-,8+,11+,13-,14-,15+/m1/s1. The van der Waals surface area contributed by atoms with Gasteiger partial charge in [0, 0.05) is 6.42 Å². The molecule has 4 fully saturated rings. The molecule has 1 aliphatic carbocycles. The zero-order chi connectivity index (χ0) is 17.0. The highest BCUT2D eigenvalue weighted by Gasteiger charge is 2.92. The van der Waals surface area contributed by atoms with Crippen molar-refractivity contribution < 1.29 is 38.8 Å². The second-order valence-electron chi connectivity index (χ2n) is 7.89. The summed E-state index contributed by atoms with van der Waals surface area (Å²) < 4.78 is 15.5. The van der Waals surface area contributed by atoms with E-state index in [2.05, 4.69) is 0 Å². The number of esters is 3. The van der Waals surface area contributed by atoms with E-state index in [9.17, 15) is 24.6 Å². The van der Waals surface area contributed by atoms with Crippen LogP contribution in [0.25, 0.3) is 0 Å². The Morgan fingerprint density at radius 3 is 2.39 bits per heavy atom. The van der Waals surface area contributed by atoms with Crippen molar-refractivity contribution >= 4 is 17.9 Å². The maximum absolute atomic E-state index is 12.6. The van der Waals surface area contributed by atoms with Crippen LogP contribution in [-0.4, -0.2) is 52.2 Å². The Bertz CT molecular complexity index is 650. The van der Waals surface area contributed by atoms with Crippen LogP contribution in [-0.2, 0) is 28.6 Å². The molecule has 4 rings (SSSR count). The Morgan fingerprint density at radius 2 is 1.78 bits per heavy atom. The van der Waals surface area contributed by atoms with E-state index in [1.54, 1.807) is 20.8 Å². The number of carbonyl (C=O) groups excluding carboxylic acids is 3. The van der Waals surface area contributed by atoms with E-state index in [0.717, 1.165) is 0 Å². The molecule has 8 heteroatoms. The van der Waals surface area contributed by atoms with Gasteiger partial charge in [0.2, 0.25) is 0 Å². The first kappa shape index (κ1) is 14.9. The van der Waals surface area contributed by atoms with Crippen LogP contribution in [0.2, 0.25) is 0 Å². The van der Waals surface area contributed by atoms with Crippen LogP contribution >= 0.6 is 0 Å². The second-order valence-corrected chi connectivity index (χ2v) is 7.89. The molecule has 0 amide bonds. The Morgan fingerprint density at radius 1 is 1.13 bits per heavy atom. The van der Waals surface area contributed by atoms with Gasteiger partial charge in [-0.25, -0.2) is 4.79 Å². The maximum atomic E-state index is 12.6. The Kier molecular flexibility index (Phi) is 2.39. The maximum Gasteiger partial charge on any atom is 0.339 e. The van der Waals surface area contributed by atoms with E-state index in [4.69, 9.17) is 14.2 Å². The Labute approximate surface area is 131 Å². The van der Waals surface area contributed by atoms with Crippen molar-refractivity contribution in [3.05, 3.63) is 0 Å². The number of carbonyl (C=O) groups is 3. The third-order valence-corrected chi connectivity index (χ3v) is 6.22. The normalized spacial score (nSPS) is 51.0. The third kappa shape index (κ3) is 1.20. The van der Waals surface area contributed by atoms with Crippen molar-refractivity contribution in [3.63, 3.8) is 0 Å². The predicted octanol–water partition coefficient (Wildman–Crippen LogP) is -0.744. The first-order valence-corrected chi connectivity index (χ1v) is 7.54. The van der Waals surface area contributed by atoms with Gasteiger partial charge in [-0.3, -0.25) is 9.59 Å². The van der Waals surface area contributed by atoms with Crippen LogP contribution in [0.3, 0.4) is 0 Å². The fraction of sp³-hybridized carbons (Fsp3) is 0.800. The van der Waals surface area contributed by atoms with Gasteiger partial charge in [0.15, 0.2) is 6.10 Å². The lowest BCUT2D eigenvalue weighted by atomic mass is 9.52. The Hall–Kier alpha value is -1.67. The lowest BCUT2D eigenvalue weighted by Crippen LogP contribution is -2.65. The summed E-state index contributed by atoms with van der Waals surface area (Å²) in [6, 6.07) is 0. The summed E-state index contributed by atoms with van der Waals surface area (Å²) in [5.74, 6) is -2.36. The molecule has 0 aromatic carbocycles. The first-order valence-electron chi connectivity index (χ1n) is 7.54. The molecule has 6 atom stereocenters. The smallest absolute Gasteiger partial charge is 0.339 e. The molecule has 126 valence electrons. The molecule has 0 aromatic heterocycles. The van der Waals surface area contributed by atoms with Crippen LogP contribution in [0.5, 0.6) is 0 Å². The van der Waals surface area contributed by atoms with Gasteiger partial charge in [-0.15, -0.1) is 0 Å². The summed E-state index contributed by atoms with van der Waals surface area (Å²) in [6.07, 6.45) is -4.58. The van der Waals surface area contributed by atoms with Gasteiger partial charge in [-0.05, 0) is 5.41 Å². The summed E-state index contributed by atoms with van der Waals surface area (Å²) in [4.78, 5) is 36.5. The molecule has 3 heterocycles. The number of rotatable bonds is 0. The fourth-order valence-corrected chi connectivity index (χ4v) is 5.15. The average Bonchev–Trinajstić information content (AvgIpc) is 3.00. The molecule has 0 radical (unpaired) electrons. The molecule has 2 spiro atoms. The summed E-state index contributed by atoms with van der Waals surface area (Å²) in [5, 5.41) is 22.2. The predicted molar refractivity (Wildman–Crippen MR) is 70.4 cm³/mol. The van der Waals surface area contributed by atoms with Gasteiger partial charge in [-0.1, -0.05) is 20.8 Å². The van der Waals surface area contributed by atoms with E-state index < -0.39 is 58.3 Å². The van der Waals surface area contributed by atoms with E-state index >= 15 is 0 Å². The molecule has 0 bridgehead atoms. The van der Waals surface area contributed by atoms with E-state index in [1.807, 2.05) is 0 Å². The van der Waals surface area contributed by atoms with Crippen LogP contribution in [0.15, 0.2) is 0 Å². The molecule has 0 unspecified atom stereocenters. The van der Waals surface area contributed by atoms with E-state index in [0.29, 0.717) is 0 Å². The first-order chi connectivity index (χ1) is 10.5. The summed E-state index contributed by atoms with van der Waals surface area (Å²) >= 11 is 0. The Balaban J connectivity index is 2.05. The molecule has 23 heavy (non-hydrogen) atoms. The quantitative estimate of drug-likeness (QED) is 0.558. The average molecular weight is 326 g/mol. The monoisotopic (exact) mass is 326 g/mol. The van der Waals surface area contributed by atoms with Gasteiger partial charge < -0.3 is 24.4 Å². The fourth-order valence-electron chi connectivity index (χ4n) is 5.15. The summed E-state index contributed by atoms with van der Waals surface area (Å²) in [6.45, 7) is 5.19. The lowest BCUT2D eigenvalue weighted by molar-refractivity contribution is -0.224. The lowest BCUT2D eigenvalue weighted by Gasteiger charge is -2.49. The van der Waals surface area contributed by atoms with Gasteiger partial charge >= 0.3 is 17.9 Å². The molecular weight excluding hydrogens is 308 g/mol. The molecular formula is C15H18O8. The van der Waals surface area contributed by atoms with E-state index in [-0.39, 0.29) is 12.8 Å². The van der Waals surface area contributed by atoms with Crippen LogP contribution in [0.4, 0.5) is 0 Å². The van der Waals surface area contributed by atoms with Crippen molar-refractivity contribution in [1.82, 2.24) is 0 Å². The minimum atomic E-state index is -1.78. The number of aliphatic hydroxyl groups is 2. The molecule has 1 saturated carbocycles. The van der Waals surface area contributed by atoms with Gasteiger partial charge in [0.1, 0.15) is 16.9 Å². The van der Waals surface area contributed by atoms with Crippen molar-refractivity contribution in [2.75, 3.05) is 0 Å². The zero-order valence-electron chi connectivity index (χ0n) is 13.0.